The zero-order chi connectivity index (χ0) is 21.7. The number of carbonyl (C=O) groups is 1. The second-order valence-corrected chi connectivity index (χ2v) is 6.45. The summed E-state index contributed by atoms with van der Waals surface area (Å²) >= 11 is 0. The van der Waals surface area contributed by atoms with Crippen molar-refractivity contribution < 1.29 is 23.4 Å². The van der Waals surface area contributed by atoms with E-state index < -0.39 is 5.91 Å². The molecule has 0 atom stereocenters. The number of benzene rings is 1. The third-order valence-corrected chi connectivity index (χ3v) is 4.15. The number of carbonyl (C=O) groups excluding carboxylic acids is 1. The average molecular weight is 413 g/mol. The monoisotopic (exact) mass is 413 g/mol. The largest absolute Gasteiger partial charge is 0.493 e. The minimum Gasteiger partial charge on any atom is -0.493 e. The molecular weight excluding hydrogens is 390 g/mol. The molecule has 0 radical (unpaired) electrons. The van der Waals surface area contributed by atoms with Crippen LogP contribution in [-0.4, -0.2) is 47.2 Å². The lowest BCUT2D eigenvalue weighted by Crippen LogP contribution is -2.08. The Labute approximate surface area is 173 Å². The van der Waals surface area contributed by atoms with Crippen molar-refractivity contribution in [2.75, 3.05) is 26.6 Å². The normalized spacial score (nSPS) is 11.1. The van der Waals surface area contributed by atoms with E-state index in [9.17, 15) is 4.79 Å². The van der Waals surface area contributed by atoms with E-state index in [1.165, 1.54) is 27.4 Å². The van der Waals surface area contributed by atoms with Gasteiger partial charge >= 0.3 is 6.01 Å². The van der Waals surface area contributed by atoms with Crippen LogP contribution in [0.2, 0.25) is 0 Å². The van der Waals surface area contributed by atoms with Gasteiger partial charge in [-0.25, -0.2) is 0 Å². The summed E-state index contributed by atoms with van der Waals surface area (Å²) in [5, 5.41) is 14.6. The van der Waals surface area contributed by atoms with Gasteiger partial charge in [-0.3, -0.25) is 14.8 Å². The molecule has 10 heteroatoms. The van der Waals surface area contributed by atoms with Crippen molar-refractivity contribution in [2.24, 2.45) is 0 Å². The number of nitrogens with one attached hydrogen (secondary N) is 1. The van der Waals surface area contributed by atoms with Crippen LogP contribution in [0.15, 0.2) is 34.9 Å². The summed E-state index contributed by atoms with van der Waals surface area (Å²) in [6.45, 7) is 3.98. The number of aromatic nitrogens is 4. The van der Waals surface area contributed by atoms with E-state index in [-0.39, 0.29) is 17.9 Å². The summed E-state index contributed by atoms with van der Waals surface area (Å²) in [6, 6.07) is 5.33. The van der Waals surface area contributed by atoms with Crippen LogP contribution in [0.4, 0.5) is 6.01 Å². The minimum atomic E-state index is -0.434. The van der Waals surface area contributed by atoms with Gasteiger partial charge in [0.25, 0.3) is 11.8 Å². The minimum absolute atomic E-state index is 0.0129. The smallest absolute Gasteiger partial charge is 0.322 e. The lowest BCUT2D eigenvalue weighted by atomic mass is 10.1. The Balaban J connectivity index is 1.73. The molecule has 30 heavy (non-hydrogen) atoms. The maximum absolute atomic E-state index is 12.3. The number of ether oxygens (including phenoxy) is 3. The highest BCUT2D eigenvalue weighted by molar-refractivity contribution is 6.00. The second-order valence-electron chi connectivity index (χ2n) is 6.45. The number of hydrogen-bond acceptors (Lipinski definition) is 8. The van der Waals surface area contributed by atoms with Crippen LogP contribution in [0.5, 0.6) is 17.2 Å². The maximum Gasteiger partial charge on any atom is 0.322 e. The van der Waals surface area contributed by atoms with Crippen LogP contribution in [-0.2, 0) is 4.79 Å². The molecule has 0 spiro atoms. The molecular formula is C20H23N5O5. The lowest BCUT2D eigenvalue weighted by molar-refractivity contribution is -0.112. The van der Waals surface area contributed by atoms with E-state index in [2.05, 4.69) is 20.6 Å². The quantitative estimate of drug-likeness (QED) is 0.560. The molecule has 10 nitrogen and oxygen atoms in total. The van der Waals surface area contributed by atoms with E-state index in [0.29, 0.717) is 28.5 Å². The Morgan fingerprint density at radius 3 is 2.43 bits per heavy atom. The lowest BCUT2D eigenvalue weighted by Gasteiger charge is -2.12. The Morgan fingerprint density at radius 2 is 1.83 bits per heavy atom. The Morgan fingerprint density at radius 1 is 1.13 bits per heavy atom. The van der Waals surface area contributed by atoms with Crippen molar-refractivity contribution in [3.63, 3.8) is 0 Å². The van der Waals surface area contributed by atoms with Crippen molar-refractivity contribution >= 4 is 18.0 Å². The van der Waals surface area contributed by atoms with Gasteiger partial charge in [0.1, 0.15) is 5.69 Å². The number of amides is 1. The van der Waals surface area contributed by atoms with Gasteiger partial charge in [-0.05, 0) is 43.7 Å². The van der Waals surface area contributed by atoms with Crippen LogP contribution in [0, 0.1) is 0 Å². The van der Waals surface area contributed by atoms with Crippen LogP contribution in [0.25, 0.3) is 17.7 Å². The number of hydrogen-bond donors (Lipinski definition) is 1. The second kappa shape index (κ2) is 9.12. The van der Waals surface area contributed by atoms with Crippen molar-refractivity contribution in [2.45, 2.75) is 19.9 Å². The highest BCUT2D eigenvalue weighted by atomic mass is 16.5. The molecule has 0 aliphatic heterocycles. The Kier molecular flexibility index (Phi) is 6.35. The van der Waals surface area contributed by atoms with Crippen molar-refractivity contribution in [3.8, 4) is 28.8 Å². The van der Waals surface area contributed by atoms with Crippen LogP contribution < -0.4 is 19.5 Å². The summed E-state index contributed by atoms with van der Waals surface area (Å²) < 4.78 is 23.2. The third kappa shape index (κ3) is 4.43. The summed E-state index contributed by atoms with van der Waals surface area (Å²) in [7, 11) is 4.57. The molecule has 0 saturated heterocycles. The van der Waals surface area contributed by atoms with Crippen molar-refractivity contribution in [1.29, 1.82) is 0 Å². The molecule has 1 N–H and O–H groups in total. The average Bonchev–Trinajstić information content (AvgIpc) is 3.40. The van der Waals surface area contributed by atoms with Crippen molar-refractivity contribution in [1.82, 2.24) is 20.0 Å². The third-order valence-electron chi connectivity index (χ3n) is 4.15. The maximum atomic E-state index is 12.3. The SMILES string of the molecule is COc1cc(C=CC(=O)Nc2nnc(-c3ccnn3C(C)C)o2)cc(OC)c1OC. The molecule has 3 aromatic rings. The highest BCUT2D eigenvalue weighted by Crippen LogP contribution is 2.38. The van der Waals surface area contributed by atoms with Gasteiger partial charge in [0.2, 0.25) is 5.75 Å². The first-order valence-corrected chi connectivity index (χ1v) is 9.13. The zero-order valence-corrected chi connectivity index (χ0v) is 17.4. The molecule has 1 amide bonds. The topological polar surface area (TPSA) is 114 Å². The Hall–Kier alpha value is -3.82. The van der Waals surface area contributed by atoms with Crippen molar-refractivity contribution in [3.05, 3.63) is 36.0 Å². The van der Waals surface area contributed by atoms with E-state index in [1.54, 1.807) is 35.2 Å². The summed E-state index contributed by atoms with van der Waals surface area (Å²) in [5.74, 6) is 1.28. The number of rotatable bonds is 8. The predicted molar refractivity (Wildman–Crippen MR) is 110 cm³/mol. The van der Waals surface area contributed by atoms with Gasteiger partial charge in [0, 0.05) is 18.3 Å². The molecule has 0 aliphatic rings. The fourth-order valence-electron chi connectivity index (χ4n) is 2.79. The number of nitrogens with zero attached hydrogens (tertiary/aromatic N) is 4. The first-order valence-electron chi connectivity index (χ1n) is 9.13. The standard InChI is InChI=1S/C20H23N5O5/c1-12(2)25-14(8-9-21-25)19-23-24-20(30-19)22-17(26)7-6-13-10-15(27-3)18(29-5)16(11-13)28-4/h6-12H,1-5H3,(H,22,24,26). The fraction of sp³-hybridized carbons (Fsp3) is 0.300. The zero-order valence-electron chi connectivity index (χ0n) is 17.4. The predicted octanol–water partition coefficient (Wildman–Crippen LogP) is 3.19. The summed E-state index contributed by atoms with van der Waals surface area (Å²) in [6.07, 6.45) is 4.59. The molecule has 2 aromatic heterocycles. The highest BCUT2D eigenvalue weighted by Gasteiger charge is 2.16. The first-order chi connectivity index (χ1) is 14.5. The van der Waals surface area contributed by atoms with Gasteiger partial charge in [-0.1, -0.05) is 5.10 Å². The molecule has 158 valence electrons. The number of anilines is 1. The molecule has 0 bridgehead atoms. The van der Waals surface area contributed by atoms with Crippen LogP contribution in [0.3, 0.4) is 0 Å². The van der Waals surface area contributed by atoms with Gasteiger partial charge in [-0.2, -0.15) is 5.10 Å². The van der Waals surface area contributed by atoms with Gasteiger partial charge in [0.15, 0.2) is 11.5 Å². The fourth-order valence-corrected chi connectivity index (χ4v) is 2.79. The van der Waals surface area contributed by atoms with E-state index in [0.717, 1.165) is 0 Å². The number of methoxy groups -OCH3 is 3. The van der Waals surface area contributed by atoms with Crippen LogP contribution >= 0.6 is 0 Å². The molecule has 0 unspecified atom stereocenters. The molecule has 0 fully saturated rings. The first kappa shape index (κ1) is 20.9. The van der Waals surface area contributed by atoms with Gasteiger partial charge < -0.3 is 18.6 Å². The molecule has 0 saturated carbocycles. The van der Waals surface area contributed by atoms with Crippen LogP contribution in [0.1, 0.15) is 25.5 Å². The van der Waals surface area contributed by atoms with E-state index >= 15 is 0 Å². The Bertz CT molecular complexity index is 1030. The van der Waals surface area contributed by atoms with Gasteiger partial charge in [0.05, 0.1) is 21.3 Å². The molecule has 3 rings (SSSR count). The van der Waals surface area contributed by atoms with E-state index in [1.807, 2.05) is 13.8 Å². The van der Waals surface area contributed by atoms with Gasteiger partial charge in [-0.15, -0.1) is 5.10 Å². The molecule has 0 aliphatic carbocycles. The molecule has 1 aromatic carbocycles. The summed E-state index contributed by atoms with van der Waals surface area (Å²) in [4.78, 5) is 12.3. The summed E-state index contributed by atoms with van der Waals surface area (Å²) in [5.41, 5.74) is 1.36. The molecule has 2 heterocycles. The van der Waals surface area contributed by atoms with E-state index in [4.69, 9.17) is 18.6 Å².